The Morgan fingerprint density at radius 1 is 1.09 bits per heavy atom. The zero-order valence-electron chi connectivity index (χ0n) is 13.4. The van der Waals surface area contributed by atoms with Gasteiger partial charge in [-0.05, 0) is 53.7 Å². The van der Waals surface area contributed by atoms with Crippen LogP contribution in [0.2, 0.25) is 0 Å². The molecule has 2 heterocycles. The van der Waals surface area contributed by atoms with E-state index in [1.807, 2.05) is 7.05 Å². The quantitative estimate of drug-likeness (QED) is 0.807. The van der Waals surface area contributed by atoms with Crippen LogP contribution in [0.15, 0.2) is 18.2 Å². The fourth-order valence-corrected chi connectivity index (χ4v) is 2.97. The molecule has 1 fully saturated rings. The van der Waals surface area contributed by atoms with Crippen LogP contribution in [-0.2, 0) is 13.7 Å². The summed E-state index contributed by atoms with van der Waals surface area (Å²) in [5.74, 6) is 0. The molecule has 2 aromatic rings. The molecule has 0 N–H and O–H groups in total. The normalized spacial score (nSPS) is 16.2. The number of benzene rings is 1. The Morgan fingerprint density at radius 2 is 1.82 bits per heavy atom. The van der Waals surface area contributed by atoms with Gasteiger partial charge in [0.15, 0.2) is 0 Å². The van der Waals surface area contributed by atoms with E-state index < -0.39 is 0 Å². The monoisotopic (exact) mass is 318 g/mol. The highest BCUT2D eigenvalue weighted by Crippen LogP contribution is 2.23. The van der Waals surface area contributed by atoms with Crippen LogP contribution in [0.25, 0.3) is 0 Å². The van der Waals surface area contributed by atoms with Crippen molar-refractivity contribution in [3.05, 3.63) is 34.1 Å². The molecular formula is C15H22N6S. The number of tetrazole rings is 1. The molecule has 1 saturated heterocycles. The van der Waals surface area contributed by atoms with Crippen molar-refractivity contribution in [3.63, 3.8) is 0 Å². The molecule has 6 nitrogen and oxygen atoms in total. The average Bonchev–Trinajstić information content (AvgIpc) is 2.83. The number of anilines is 1. The molecule has 0 unspecified atom stereocenters. The number of aryl methyl sites for hydroxylation is 2. The first kappa shape index (κ1) is 15.2. The van der Waals surface area contributed by atoms with E-state index in [1.54, 1.807) is 9.36 Å². The lowest BCUT2D eigenvalue weighted by molar-refractivity contribution is 0.193. The lowest BCUT2D eigenvalue weighted by Crippen LogP contribution is -2.47. The summed E-state index contributed by atoms with van der Waals surface area (Å²) in [6, 6.07) is 6.53. The molecule has 0 amide bonds. The van der Waals surface area contributed by atoms with Crippen LogP contribution in [0.5, 0.6) is 0 Å². The van der Waals surface area contributed by atoms with E-state index in [0.29, 0.717) is 11.4 Å². The molecule has 0 spiro atoms. The van der Waals surface area contributed by atoms with Crippen molar-refractivity contribution in [3.8, 4) is 0 Å². The fourth-order valence-electron chi connectivity index (χ4n) is 2.84. The number of hydrogen-bond donors (Lipinski definition) is 0. The number of nitrogens with zero attached hydrogens (tertiary/aromatic N) is 6. The SMILES string of the molecule is Cc1cccc(N2CCN(Cn3nnn(C)c3=S)CC2)c1C. The minimum Gasteiger partial charge on any atom is -0.369 e. The van der Waals surface area contributed by atoms with E-state index in [0.717, 1.165) is 26.2 Å². The summed E-state index contributed by atoms with van der Waals surface area (Å²) in [6.07, 6.45) is 0. The lowest BCUT2D eigenvalue weighted by atomic mass is 10.1. The second-order valence-electron chi connectivity index (χ2n) is 5.85. The van der Waals surface area contributed by atoms with E-state index in [1.165, 1.54) is 16.8 Å². The smallest absolute Gasteiger partial charge is 0.216 e. The Hall–Kier alpha value is -1.73. The number of rotatable bonds is 3. The van der Waals surface area contributed by atoms with Crippen molar-refractivity contribution < 1.29 is 0 Å². The Kier molecular flexibility index (Phi) is 4.26. The first-order valence-electron chi connectivity index (χ1n) is 7.56. The number of hydrogen-bond acceptors (Lipinski definition) is 5. The third-order valence-corrected chi connectivity index (χ3v) is 4.88. The van der Waals surface area contributed by atoms with E-state index in [2.05, 4.69) is 52.3 Å². The highest BCUT2D eigenvalue weighted by Gasteiger charge is 2.19. The van der Waals surface area contributed by atoms with Gasteiger partial charge in [0, 0.05) is 38.9 Å². The van der Waals surface area contributed by atoms with Crippen molar-refractivity contribution in [2.45, 2.75) is 20.5 Å². The summed E-state index contributed by atoms with van der Waals surface area (Å²) in [7, 11) is 1.82. The maximum atomic E-state index is 5.29. The zero-order chi connectivity index (χ0) is 15.7. The topological polar surface area (TPSA) is 42.1 Å². The summed E-state index contributed by atoms with van der Waals surface area (Å²) < 4.78 is 4.07. The predicted molar refractivity (Wildman–Crippen MR) is 89.5 cm³/mol. The van der Waals surface area contributed by atoms with Crippen LogP contribution in [0.4, 0.5) is 5.69 Å². The Balaban J connectivity index is 1.64. The van der Waals surface area contributed by atoms with Gasteiger partial charge in [-0.3, -0.25) is 4.90 Å². The molecule has 1 aromatic heterocycles. The van der Waals surface area contributed by atoms with Crippen LogP contribution in [-0.4, -0.2) is 50.9 Å². The standard InChI is InChI=1S/C15H22N6S/c1-12-5-4-6-14(13(12)2)20-9-7-19(8-10-20)11-21-15(22)18(3)16-17-21/h4-6H,7-11H2,1-3H3. The van der Waals surface area contributed by atoms with Crippen LogP contribution in [0, 0.1) is 18.6 Å². The first-order valence-corrected chi connectivity index (χ1v) is 7.97. The van der Waals surface area contributed by atoms with Crippen molar-refractivity contribution in [2.75, 3.05) is 31.1 Å². The van der Waals surface area contributed by atoms with E-state index in [-0.39, 0.29) is 0 Å². The molecule has 3 rings (SSSR count). The largest absolute Gasteiger partial charge is 0.369 e. The van der Waals surface area contributed by atoms with E-state index >= 15 is 0 Å². The number of aromatic nitrogens is 4. The fraction of sp³-hybridized carbons (Fsp3) is 0.533. The van der Waals surface area contributed by atoms with Gasteiger partial charge in [0.2, 0.25) is 4.77 Å². The van der Waals surface area contributed by atoms with Gasteiger partial charge in [-0.2, -0.15) is 0 Å². The molecule has 0 saturated carbocycles. The third-order valence-electron chi connectivity index (χ3n) is 4.40. The van der Waals surface area contributed by atoms with Crippen molar-refractivity contribution >= 4 is 17.9 Å². The minimum atomic E-state index is 0.664. The zero-order valence-corrected chi connectivity index (χ0v) is 14.2. The molecule has 1 aliphatic rings. The van der Waals surface area contributed by atoms with Gasteiger partial charge < -0.3 is 4.90 Å². The second kappa shape index (κ2) is 6.18. The molecule has 1 aliphatic heterocycles. The maximum Gasteiger partial charge on any atom is 0.216 e. The molecule has 1 aromatic carbocycles. The van der Waals surface area contributed by atoms with Crippen LogP contribution in [0.3, 0.4) is 0 Å². The van der Waals surface area contributed by atoms with Crippen LogP contribution < -0.4 is 4.90 Å². The minimum absolute atomic E-state index is 0.664. The second-order valence-corrected chi connectivity index (χ2v) is 6.22. The summed E-state index contributed by atoms with van der Waals surface area (Å²) in [5.41, 5.74) is 4.09. The van der Waals surface area contributed by atoms with Crippen molar-refractivity contribution in [2.24, 2.45) is 7.05 Å². The Morgan fingerprint density at radius 3 is 2.45 bits per heavy atom. The average molecular weight is 318 g/mol. The summed E-state index contributed by atoms with van der Waals surface area (Å²) in [6.45, 7) is 9.15. The highest BCUT2D eigenvalue weighted by molar-refractivity contribution is 7.71. The van der Waals surface area contributed by atoms with Gasteiger partial charge in [0.25, 0.3) is 0 Å². The highest BCUT2D eigenvalue weighted by atomic mass is 32.1. The maximum absolute atomic E-state index is 5.29. The molecule has 22 heavy (non-hydrogen) atoms. The molecule has 7 heteroatoms. The van der Waals surface area contributed by atoms with Gasteiger partial charge in [0.05, 0.1) is 6.67 Å². The van der Waals surface area contributed by atoms with Gasteiger partial charge in [-0.15, -0.1) is 0 Å². The van der Waals surface area contributed by atoms with E-state index in [4.69, 9.17) is 12.2 Å². The van der Waals surface area contributed by atoms with Crippen molar-refractivity contribution in [1.82, 2.24) is 24.7 Å². The molecule has 0 bridgehead atoms. The predicted octanol–water partition coefficient (Wildman–Crippen LogP) is 1.74. The molecule has 0 radical (unpaired) electrons. The molecule has 0 aliphatic carbocycles. The van der Waals surface area contributed by atoms with Gasteiger partial charge >= 0.3 is 0 Å². The summed E-state index contributed by atoms with van der Waals surface area (Å²) >= 11 is 5.29. The Labute approximate surface area is 135 Å². The lowest BCUT2D eigenvalue weighted by Gasteiger charge is -2.36. The molecular weight excluding hydrogens is 296 g/mol. The van der Waals surface area contributed by atoms with Gasteiger partial charge in [-0.1, -0.05) is 12.1 Å². The van der Waals surface area contributed by atoms with Crippen LogP contribution in [0.1, 0.15) is 11.1 Å². The summed E-state index contributed by atoms with van der Waals surface area (Å²) in [4.78, 5) is 4.83. The Bertz CT molecular complexity index is 711. The van der Waals surface area contributed by atoms with Crippen LogP contribution >= 0.6 is 12.2 Å². The first-order chi connectivity index (χ1) is 10.6. The molecule has 118 valence electrons. The van der Waals surface area contributed by atoms with Gasteiger partial charge in [-0.25, -0.2) is 9.36 Å². The van der Waals surface area contributed by atoms with Crippen molar-refractivity contribution in [1.29, 1.82) is 0 Å². The third kappa shape index (κ3) is 2.91. The van der Waals surface area contributed by atoms with E-state index in [9.17, 15) is 0 Å². The molecule has 0 atom stereocenters. The summed E-state index contributed by atoms with van der Waals surface area (Å²) in [5, 5.41) is 8.04. The van der Waals surface area contributed by atoms with Gasteiger partial charge in [0.1, 0.15) is 0 Å². The number of piperazine rings is 1.